The first-order valence-corrected chi connectivity index (χ1v) is 7.51. The number of rotatable bonds is 5. The molecule has 0 bridgehead atoms. The molecule has 0 aliphatic heterocycles. The number of carbonyl (C=O) groups is 2. The van der Waals surface area contributed by atoms with Gasteiger partial charge < -0.3 is 15.8 Å². The maximum atomic E-state index is 13.6. The average molecular weight is 402 g/mol. The normalized spacial score (nSPS) is 10.2. The predicted molar refractivity (Wildman–Crippen MR) is 88.2 cm³/mol. The fourth-order valence-corrected chi connectivity index (χ4v) is 2.27. The Morgan fingerprint density at radius 1 is 1.26 bits per heavy atom. The molecule has 0 unspecified atom stereocenters. The summed E-state index contributed by atoms with van der Waals surface area (Å²) < 4.78 is 19.2. The average Bonchev–Trinajstić information content (AvgIpc) is 2.48. The van der Waals surface area contributed by atoms with Crippen LogP contribution in [0.2, 0.25) is 5.02 Å². The number of benzene rings is 2. The first-order valence-electron chi connectivity index (χ1n) is 6.34. The summed E-state index contributed by atoms with van der Waals surface area (Å²) in [6.45, 7) is -0.396. The van der Waals surface area contributed by atoms with Gasteiger partial charge >= 0.3 is 0 Å². The van der Waals surface area contributed by atoms with E-state index in [1.165, 1.54) is 30.3 Å². The van der Waals surface area contributed by atoms with Crippen LogP contribution in [0.4, 0.5) is 10.1 Å². The molecule has 0 aliphatic carbocycles. The van der Waals surface area contributed by atoms with Gasteiger partial charge in [0.25, 0.3) is 5.91 Å². The summed E-state index contributed by atoms with van der Waals surface area (Å²) in [4.78, 5) is 23.0. The summed E-state index contributed by atoms with van der Waals surface area (Å²) >= 11 is 8.94. The second kappa shape index (κ2) is 7.43. The van der Waals surface area contributed by atoms with Gasteiger partial charge in [-0.1, -0.05) is 27.5 Å². The lowest BCUT2D eigenvalue weighted by Crippen LogP contribution is -2.21. The van der Waals surface area contributed by atoms with Crippen molar-refractivity contribution in [1.29, 1.82) is 0 Å². The minimum atomic E-state index is -0.709. The minimum Gasteiger partial charge on any atom is -0.481 e. The lowest BCUT2D eigenvalue weighted by molar-refractivity contribution is -0.118. The number of halogens is 3. The Kier molecular flexibility index (Phi) is 5.57. The van der Waals surface area contributed by atoms with Crippen LogP contribution in [-0.2, 0) is 4.79 Å². The van der Waals surface area contributed by atoms with E-state index in [4.69, 9.17) is 22.1 Å². The first kappa shape index (κ1) is 17.2. The van der Waals surface area contributed by atoms with E-state index in [0.717, 1.165) is 0 Å². The third-order valence-electron chi connectivity index (χ3n) is 2.77. The van der Waals surface area contributed by atoms with Crippen molar-refractivity contribution >= 4 is 45.0 Å². The lowest BCUT2D eigenvalue weighted by atomic mass is 10.2. The van der Waals surface area contributed by atoms with Crippen molar-refractivity contribution in [2.24, 2.45) is 5.73 Å². The highest BCUT2D eigenvalue weighted by Gasteiger charge is 2.11. The van der Waals surface area contributed by atoms with Crippen LogP contribution in [0, 0.1) is 5.82 Å². The molecule has 2 aromatic rings. The molecule has 0 aliphatic rings. The number of carbonyl (C=O) groups excluding carboxylic acids is 2. The Hall–Kier alpha value is -2.12. The fraction of sp³-hybridized carbons (Fsp3) is 0.0667. The van der Waals surface area contributed by atoms with Gasteiger partial charge in [0, 0.05) is 10.2 Å². The summed E-state index contributed by atoms with van der Waals surface area (Å²) in [6, 6.07) is 8.52. The molecule has 0 fully saturated rings. The van der Waals surface area contributed by atoms with Crippen molar-refractivity contribution in [2.75, 3.05) is 11.9 Å². The van der Waals surface area contributed by atoms with Crippen molar-refractivity contribution in [1.82, 2.24) is 0 Å². The van der Waals surface area contributed by atoms with Gasteiger partial charge in [0.2, 0.25) is 5.91 Å². The molecule has 0 spiro atoms. The summed E-state index contributed by atoms with van der Waals surface area (Å²) in [5.74, 6) is -1.86. The number of hydrogen-bond acceptors (Lipinski definition) is 3. The molecule has 23 heavy (non-hydrogen) atoms. The Bertz CT molecular complexity index is 770. The van der Waals surface area contributed by atoms with Gasteiger partial charge in [0.05, 0.1) is 10.6 Å². The van der Waals surface area contributed by atoms with Crippen LogP contribution in [-0.4, -0.2) is 18.4 Å². The largest absolute Gasteiger partial charge is 0.481 e. The highest BCUT2D eigenvalue weighted by molar-refractivity contribution is 9.10. The number of hydrogen-bond donors (Lipinski definition) is 2. The molecule has 8 heteroatoms. The summed E-state index contributed by atoms with van der Waals surface area (Å²) in [6.07, 6.45) is 0. The molecule has 0 saturated heterocycles. The molecule has 5 nitrogen and oxygen atoms in total. The van der Waals surface area contributed by atoms with Crippen LogP contribution >= 0.6 is 27.5 Å². The van der Waals surface area contributed by atoms with Crippen LogP contribution in [0.3, 0.4) is 0 Å². The molecule has 2 amide bonds. The molecular weight excluding hydrogens is 391 g/mol. The van der Waals surface area contributed by atoms with Crippen molar-refractivity contribution in [3.05, 3.63) is 57.3 Å². The van der Waals surface area contributed by atoms with Crippen LogP contribution in [0.15, 0.2) is 40.9 Å². The predicted octanol–water partition coefficient (Wildman–Crippen LogP) is 3.36. The molecule has 0 aromatic heterocycles. The SMILES string of the molecule is NC(=O)c1cc(NC(=O)COc2ccc(Br)cc2F)ccc1Cl. The number of nitrogens with one attached hydrogen (secondary N) is 1. The molecule has 3 N–H and O–H groups in total. The van der Waals surface area contributed by atoms with Gasteiger partial charge in [0.1, 0.15) is 0 Å². The number of anilines is 1. The number of primary amides is 1. The summed E-state index contributed by atoms with van der Waals surface area (Å²) in [5, 5.41) is 2.69. The topological polar surface area (TPSA) is 81.4 Å². The van der Waals surface area contributed by atoms with Crippen LogP contribution < -0.4 is 15.8 Å². The zero-order chi connectivity index (χ0) is 17.0. The van der Waals surface area contributed by atoms with E-state index < -0.39 is 24.2 Å². The zero-order valence-corrected chi connectivity index (χ0v) is 13.9. The number of nitrogens with two attached hydrogens (primary N) is 1. The summed E-state index contributed by atoms with van der Waals surface area (Å²) in [7, 11) is 0. The smallest absolute Gasteiger partial charge is 0.262 e. The lowest BCUT2D eigenvalue weighted by Gasteiger charge is -2.09. The molecule has 2 rings (SSSR count). The Balaban J connectivity index is 2.00. The zero-order valence-electron chi connectivity index (χ0n) is 11.6. The third kappa shape index (κ3) is 4.67. The maximum absolute atomic E-state index is 13.6. The maximum Gasteiger partial charge on any atom is 0.262 e. The minimum absolute atomic E-state index is 0.0442. The third-order valence-corrected chi connectivity index (χ3v) is 3.59. The molecule has 0 atom stereocenters. The molecule has 0 radical (unpaired) electrons. The van der Waals surface area contributed by atoms with E-state index in [0.29, 0.717) is 10.2 Å². The van der Waals surface area contributed by atoms with Gasteiger partial charge in [-0.05, 0) is 36.4 Å². The van der Waals surface area contributed by atoms with E-state index in [1.54, 1.807) is 6.07 Å². The van der Waals surface area contributed by atoms with Crippen molar-refractivity contribution < 1.29 is 18.7 Å². The van der Waals surface area contributed by atoms with Crippen molar-refractivity contribution in [2.45, 2.75) is 0 Å². The van der Waals surface area contributed by atoms with Gasteiger partial charge in [-0.15, -0.1) is 0 Å². The first-order chi connectivity index (χ1) is 10.9. The fourth-order valence-electron chi connectivity index (χ4n) is 1.72. The van der Waals surface area contributed by atoms with E-state index in [-0.39, 0.29) is 16.3 Å². The molecule has 120 valence electrons. The number of ether oxygens (including phenoxy) is 1. The van der Waals surface area contributed by atoms with Gasteiger partial charge in [-0.25, -0.2) is 4.39 Å². The number of amides is 2. The standard InChI is InChI=1S/C15H11BrClFN2O3/c16-8-1-4-13(12(18)5-8)23-7-14(21)20-9-2-3-11(17)10(6-9)15(19)22/h1-6H,7H2,(H2,19,22)(H,20,21). The Morgan fingerprint density at radius 2 is 2.00 bits per heavy atom. The van der Waals surface area contributed by atoms with Crippen molar-refractivity contribution in [3.63, 3.8) is 0 Å². The Labute approximate surface area is 144 Å². The quantitative estimate of drug-likeness (QED) is 0.806. The second-order valence-electron chi connectivity index (χ2n) is 4.47. The van der Waals surface area contributed by atoms with Gasteiger partial charge in [-0.2, -0.15) is 0 Å². The van der Waals surface area contributed by atoms with Crippen molar-refractivity contribution in [3.8, 4) is 5.75 Å². The Morgan fingerprint density at radius 3 is 2.65 bits per heavy atom. The van der Waals surface area contributed by atoms with Crippen LogP contribution in [0.5, 0.6) is 5.75 Å². The highest BCUT2D eigenvalue weighted by atomic mass is 79.9. The molecular formula is C15H11BrClFN2O3. The van der Waals surface area contributed by atoms with Crippen LogP contribution in [0.25, 0.3) is 0 Å². The van der Waals surface area contributed by atoms with E-state index in [9.17, 15) is 14.0 Å². The van der Waals surface area contributed by atoms with Gasteiger partial charge in [0.15, 0.2) is 18.2 Å². The monoisotopic (exact) mass is 400 g/mol. The molecule has 2 aromatic carbocycles. The highest BCUT2D eigenvalue weighted by Crippen LogP contribution is 2.22. The van der Waals surface area contributed by atoms with E-state index in [1.807, 2.05) is 0 Å². The molecule has 0 heterocycles. The van der Waals surface area contributed by atoms with Gasteiger partial charge in [-0.3, -0.25) is 9.59 Å². The second-order valence-corrected chi connectivity index (χ2v) is 5.79. The molecule has 0 saturated carbocycles. The summed E-state index contributed by atoms with van der Waals surface area (Å²) in [5.41, 5.74) is 5.59. The van der Waals surface area contributed by atoms with E-state index in [2.05, 4.69) is 21.2 Å². The van der Waals surface area contributed by atoms with E-state index >= 15 is 0 Å². The van der Waals surface area contributed by atoms with Crippen LogP contribution in [0.1, 0.15) is 10.4 Å².